The number of halogens is 2. The van der Waals surface area contributed by atoms with Crippen LogP contribution in [0.4, 0.5) is 0 Å². The topological polar surface area (TPSA) is 63.5 Å². The number of hydrogen-bond acceptors (Lipinski definition) is 3. The van der Waals surface area contributed by atoms with E-state index in [1.54, 1.807) is 13.2 Å². The number of hydrogen-bond donors (Lipinski definition) is 2. The van der Waals surface area contributed by atoms with Crippen LogP contribution in [-0.2, 0) is 23.7 Å². The molecule has 1 aliphatic heterocycles. The van der Waals surface area contributed by atoms with Crippen LogP contribution in [0.2, 0.25) is 5.02 Å². The third-order valence-electron chi connectivity index (χ3n) is 5.06. The van der Waals surface area contributed by atoms with Gasteiger partial charge in [-0.2, -0.15) is 5.10 Å². The summed E-state index contributed by atoms with van der Waals surface area (Å²) < 4.78 is 7.46. The van der Waals surface area contributed by atoms with E-state index in [0.717, 1.165) is 49.3 Å². The number of aromatic nitrogens is 2. The second kappa shape index (κ2) is 10.3. The number of nitrogens with zero attached hydrogens (tertiary/aromatic N) is 3. The summed E-state index contributed by atoms with van der Waals surface area (Å²) in [6, 6.07) is 10.2. The van der Waals surface area contributed by atoms with Gasteiger partial charge in [0, 0.05) is 50.5 Å². The Hall–Kier alpha value is -1.32. The van der Waals surface area contributed by atoms with Gasteiger partial charge in [0.1, 0.15) is 0 Å². The van der Waals surface area contributed by atoms with Crippen LogP contribution < -0.4 is 10.6 Å². The first-order valence-corrected chi connectivity index (χ1v) is 9.26. The van der Waals surface area contributed by atoms with Crippen molar-refractivity contribution in [2.45, 2.75) is 24.8 Å². The predicted molar refractivity (Wildman–Crippen MR) is 120 cm³/mol. The number of rotatable bonds is 5. The lowest BCUT2D eigenvalue weighted by atomic mass is 9.74. The zero-order valence-electron chi connectivity index (χ0n) is 15.7. The van der Waals surface area contributed by atoms with Crippen LogP contribution in [-0.4, -0.2) is 42.5 Å². The molecule has 0 unspecified atom stereocenters. The number of nitrogens with one attached hydrogen (secondary N) is 2. The fourth-order valence-corrected chi connectivity index (χ4v) is 3.56. The quantitative estimate of drug-likeness (QED) is 0.374. The van der Waals surface area contributed by atoms with Gasteiger partial charge in [-0.25, -0.2) is 0 Å². The minimum atomic E-state index is -0.00665. The third kappa shape index (κ3) is 5.58. The largest absolute Gasteiger partial charge is 0.381 e. The van der Waals surface area contributed by atoms with Crippen molar-refractivity contribution >= 4 is 41.5 Å². The van der Waals surface area contributed by atoms with E-state index in [9.17, 15) is 0 Å². The molecule has 0 aliphatic carbocycles. The minimum Gasteiger partial charge on any atom is -0.381 e. The molecule has 1 aliphatic rings. The summed E-state index contributed by atoms with van der Waals surface area (Å²) in [6.07, 6.45) is 3.71. The van der Waals surface area contributed by atoms with Crippen LogP contribution in [0, 0.1) is 0 Å². The van der Waals surface area contributed by atoms with Gasteiger partial charge in [-0.3, -0.25) is 9.67 Å². The van der Waals surface area contributed by atoms with Crippen LogP contribution in [0.3, 0.4) is 0 Å². The van der Waals surface area contributed by atoms with E-state index in [1.807, 2.05) is 29.9 Å². The van der Waals surface area contributed by atoms with Crippen molar-refractivity contribution < 1.29 is 4.74 Å². The second-order valence-corrected chi connectivity index (χ2v) is 7.06. The summed E-state index contributed by atoms with van der Waals surface area (Å²) >= 11 is 6.24. The molecular weight excluding hydrogens is 477 g/mol. The van der Waals surface area contributed by atoms with E-state index in [4.69, 9.17) is 16.3 Å². The monoisotopic (exact) mass is 503 g/mol. The average Bonchev–Trinajstić information content (AvgIpc) is 3.07. The zero-order valence-corrected chi connectivity index (χ0v) is 18.8. The Morgan fingerprint density at radius 1 is 1.30 bits per heavy atom. The Balaban J connectivity index is 0.00000261. The first-order chi connectivity index (χ1) is 12.6. The Bertz CT molecular complexity index is 758. The molecule has 8 heteroatoms. The highest BCUT2D eigenvalue weighted by atomic mass is 127. The fraction of sp³-hybridized carbons (Fsp3) is 0.474. The van der Waals surface area contributed by atoms with E-state index in [-0.39, 0.29) is 29.4 Å². The summed E-state index contributed by atoms with van der Waals surface area (Å²) in [5.41, 5.74) is 2.35. The molecule has 148 valence electrons. The summed E-state index contributed by atoms with van der Waals surface area (Å²) in [7, 11) is 3.72. The summed E-state index contributed by atoms with van der Waals surface area (Å²) in [5, 5.41) is 11.8. The van der Waals surface area contributed by atoms with Gasteiger partial charge in [-0.1, -0.05) is 23.7 Å². The van der Waals surface area contributed by atoms with Crippen molar-refractivity contribution in [1.29, 1.82) is 0 Å². The second-order valence-electron chi connectivity index (χ2n) is 6.63. The zero-order chi connectivity index (χ0) is 18.4. The minimum absolute atomic E-state index is 0. The molecule has 1 saturated heterocycles. The Morgan fingerprint density at radius 2 is 2.07 bits per heavy atom. The average molecular weight is 504 g/mol. The van der Waals surface area contributed by atoms with Crippen LogP contribution in [0.25, 0.3) is 0 Å². The predicted octanol–water partition coefficient (Wildman–Crippen LogP) is 3.10. The van der Waals surface area contributed by atoms with Crippen LogP contribution in [0.15, 0.2) is 41.5 Å². The molecule has 2 N–H and O–H groups in total. The van der Waals surface area contributed by atoms with E-state index in [1.165, 1.54) is 5.56 Å². The standard InChI is InChI=1S/C19H26ClN5O.HI/c1-21-18(22-13-17-6-9-24-25(17)2)23-14-19(7-10-26-11-8-19)15-4-3-5-16(20)12-15;/h3-6,9,12H,7-8,10-11,13-14H2,1-2H3,(H2,21,22,23);1H. The molecule has 0 radical (unpaired) electrons. The molecule has 0 bridgehead atoms. The molecule has 0 atom stereocenters. The highest BCUT2D eigenvalue weighted by Crippen LogP contribution is 2.35. The molecule has 1 fully saturated rings. The number of guanidine groups is 1. The van der Waals surface area contributed by atoms with Gasteiger partial charge in [0.15, 0.2) is 5.96 Å². The summed E-state index contributed by atoms with van der Waals surface area (Å²) in [5.74, 6) is 0.777. The maximum Gasteiger partial charge on any atom is 0.191 e. The Morgan fingerprint density at radius 3 is 2.70 bits per heavy atom. The van der Waals surface area contributed by atoms with Crippen molar-refractivity contribution in [3.05, 3.63) is 52.8 Å². The van der Waals surface area contributed by atoms with Gasteiger partial charge in [-0.05, 0) is 36.6 Å². The first kappa shape index (κ1) is 22.0. The Kier molecular flexibility index (Phi) is 8.37. The lowest BCUT2D eigenvalue weighted by molar-refractivity contribution is 0.0514. The first-order valence-electron chi connectivity index (χ1n) is 8.88. The maximum atomic E-state index is 6.24. The lowest BCUT2D eigenvalue weighted by Crippen LogP contribution is -2.48. The van der Waals surface area contributed by atoms with Crippen LogP contribution in [0.1, 0.15) is 24.1 Å². The summed E-state index contributed by atoms with van der Waals surface area (Å²) in [6.45, 7) is 2.97. The van der Waals surface area contributed by atoms with Gasteiger partial charge >= 0.3 is 0 Å². The van der Waals surface area contributed by atoms with Crippen LogP contribution >= 0.6 is 35.6 Å². The van der Waals surface area contributed by atoms with E-state index < -0.39 is 0 Å². The molecule has 1 aromatic carbocycles. The highest BCUT2D eigenvalue weighted by Gasteiger charge is 2.34. The summed E-state index contributed by atoms with van der Waals surface area (Å²) in [4.78, 5) is 4.35. The number of aliphatic imine (C=N–C) groups is 1. The molecule has 0 amide bonds. The molecule has 6 nitrogen and oxygen atoms in total. The number of benzene rings is 1. The van der Waals surface area contributed by atoms with Crippen molar-refractivity contribution in [2.24, 2.45) is 12.0 Å². The van der Waals surface area contributed by atoms with E-state index in [0.29, 0.717) is 6.54 Å². The number of aryl methyl sites for hydroxylation is 1. The molecule has 2 heterocycles. The maximum absolute atomic E-state index is 6.24. The van der Waals surface area contributed by atoms with Crippen molar-refractivity contribution in [3.63, 3.8) is 0 Å². The molecule has 27 heavy (non-hydrogen) atoms. The molecular formula is C19H27ClIN5O. The van der Waals surface area contributed by atoms with Crippen molar-refractivity contribution in [2.75, 3.05) is 26.8 Å². The fourth-order valence-electron chi connectivity index (χ4n) is 3.37. The molecule has 0 saturated carbocycles. The van der Waals surface area contributed by atoms with Crippen molar-refractivity contribution in [3.8, 4) is 0 Å². The lowest BCUT2D eigenvalue weighted by Gasteiger charge is -2.38. The number of ether oxygens (including phenoxy) is 1. The SMILES string of the molecule is CN=C(NCc1ccnn1C)NCC1(c2cccc(Cl)c2)CCOCC1.I. The van der Waals surface area contributed by atoms with Gasteiger partial charge in [0.05, 0.1) is 12.2 Å². The Labute approximate surface area is 182 Å². The van der Waals surface area contributed by atoms with E-state index in [2.05, 4.69) is 32.9 Å². The van der Waals surface area contributed by atoms with Crippen LogP contribution in [0.5, 0.6) is 0 Å². The van der Waals surface area contributed by atoms with Crippen molar-refractivity contribution in [1.82, 2.24) is 20.4 Å². The third-order valence-corrected chi connectivity index (χ3v) is 5.30. The molecule has 3 rings (SSSR count). The molecule has 1 aromatic heterocycles. The van der Waals surface area contributed by atoms with E-state index >= 15 is 0 Å². The normalized spacial score (nSPS) is 16.5. The van der Waals surface area contributed by atoms with Gasteiger partial charge in [0.2, 0.25) is 0 Å². The smallest absolute Gasteiger partial charge is 0.191 e. The van der Waals surface area contributed by atoms with Gasteiger partial charge in [0.25, 0.3) is 0 Å². The van der Waals surface area contributed by atoms with Gasteiger partial charge < -0.3 is 15.4 Å². The van der Waals surface area contributed by atoms with Gasteiger partial charge in [-0.15, -0.1) is 24.0 Å². The molecule has 0 spiro atoms. The highest BCUT2D eigenvalue weighted by molar-refractivity contribution is 14.0. The molecule has 2 aromatic rings.